The number of piperidine rings is 1. The Kier molecular flexibility index (Phi) is 10.0. The van der Waals surface area contributed by atoms with Crippen molar-refractivity contribution < 1.29 is 14.7 Å². The molecule has 3 heterocycles. The minimum atomic E-state index is -0.491. The Balaban J connectivity index is 1.05. The number of likely N-dealkylation sites (tertiary alicyclic amines) is 1. The Bertz CT molecular complexity index is 1350. The highest BCUT2D eigenvalue weighted by atomic mass is 35.5. The largest absolute Gasteiger partial charge is 0.392 e. The summed E-state index contributed by atoms with van der Waals surface area (Å²) in [6.45, 7) is 3.06. The van der Waals surface area contributed by atoms with Gasteiger partial charge >= 0.3 is 0 Å². The standard InChI is InChI=1S/C28H31Cl2N5O3S2/c29-22-5-4-17(10-23(22)30)14-35-8-6-19(7-9-35)32-26(37)16-40-28-34-25(15-39-28)18-2-1-3-20(11-18)33-27(38)24-12-21(36)13-31-24/h1-5,10-11,15,19,21,24,31,36H,6-9,12-14,16H2,(H,32,37)(H,33,38)/t21-,24+/m1/s1. The molecule has 2 aliphatic heterocycles. The van der Waals surface area contributed by atoms with Crippen molar-refractivity contribution in [2.45, 2.75) is 48.3 Å². The van der Waals surface area contributed by atoms with E-state index in [9.17, 15) is 14.7 Å². The number of carbonyl (C=O) groups excluding carboxylic acids is 2. The summed E-state index contributed by atoms with van der Waals surface area (Å²) in [5.41, 5.74) is 3.50. The van der Waals surface area contributed by atoms with Gasteiger partial charge in [-0.25, -0.2) is 4.98 Å². The molecule has 2 aliphatic rings. The fraction of sp³-hybridized carbons (Fsp3) is 0.393. The number of hydrogen-bond acceptors (Lipinski definition) is 8. The van der Waals surface area contributed by atoms with Gasteiger partial charge in [-0.05, 0) is 49.1 Å². The molecule has 2 saturated heterocycles. The smallest absolute Gasteiger partial charge is 0.241 e. The Morgan fingerprint density at radius 2 is 1.98 bits per heavy atom. The van der Waals surface area contributed by atoms with Gasteiger partial charge in [0.2, 0.25) is 11.8 Å². The zero-order chi connectivity index (χ0) is 28.1. The molecule has 2 amide bonds. The highest BCUT2D eigenvalue weighted by Gasteiger charge is 2.28. The number of nitrogens with one attached hydrogen (secondary N) is 3. The van der Waals surface area contributed by atoms with Crippen molar-refractivity contribution in [3.63, 3.8) is 0 Å². The number of thiazole rings is 1. The molecule has 0 aliphatic carbocycles. The summed E-state index contributed by atoms with van der Waals surface area (Å²) in [5.74, 6) is 0.165. The lowest BCUT2D eigenvalue weighted by Gasteiger charge is -2.32. The summed E-state index contributed by atoms with van der Waals surface area (Å²) in [6, 6.07) is 13.0. The molecular formula is C28H31Cl2N5O3S2. The third-order valence-electron chi connectivity index (χ3n) is 7.00. The zero-order valence-electron chi connectivity index (χ0n) is 21.7. The van der Waals surface area contributed by atoms with Crippen molar-refractivity contribution >= 4 is 63.8 Å². The van der Waals surface area contributed by atoms with Gasteiger partial charge in [0.1, 0.15) is 0 Å². The monoisotopic (exact) mass is 619 g/mol. The Morgan fingerprint density at radius 3 is 2.73 bits per heavy atom. The van der Waals surface area contributed by atoms with Gasteiger partial charge < -0.3 is 21.1 Å². The number of β-amino-alcohol motifs (C(OH)–C–C–N with tert-alkyl or cyclic N) is 1. The normalized spacial score (nSPS) is 20.0. The first-order valence-electron chi connectivity index (χ1n) is 13.2. The molecule has 0 saturated carbocycles. The highest BCUT2D eigenvalue weighted by Crippen LogP contribution is 2.30. The van der Waals surface area contributed by atoms with Crippen molar-refractivity contribution in [1.29, 1.82) is 0 Å². The van der Waals surface area contributed by atoms with E-state index in [1.807, 2.05) is 47.8 Å². The van der Waals surface area contributed by atoms with E-state index in [1.165, 1.54) is 23.1 Å². The molecule has 12 heteroatoms. The molecule has 8 nitrogen and oxygen atoms in total. The molecule has 5 rings (SSSR count). The molecular weight excluding hydrogens is 589 g/mol. The van der Waals surface area contributed by atoms with Crippen LogP contribution in [0.3, 0.4) is 0 Å². The number of amides is 2. The van der Waals surface area contributed by atoms with Crippen molar-refractivity contribution in [3.8, 4) is 11.3 Å². The lowest BCUT2D eigenvalue weighted by atomic mass is 10.0. The van der Waals surface area contributed by atoms with Crippen molar-refractivity contribution in [1.82, 2.24) is 20.5 Å². The molecule has 2 aromatic carbocycles. The summed E-state index contributed by atoms with van der Waals surface area (Å²) in [5, 5.41) is 21.8. The molecule has 4 N–H and O–H groups in total. The lowest BCUT2D eigenvalue weighted by Crippen LogP contribution is -2.44. The number of benzene rings is 2. The first-order valence-corrected chi connectivity index (χ1v) is 15.8. The van der Waals surface area contributed by atoms with Crippen molar-refractivity contribution in [2.24, 2.45) is 0 Å². The Hall–Kier alpha value is -2.18. The van der Waals surface area contributed by atoms with E-state index in [4.69, 9.17) is 23.2 Å². The SMILES string of the molecule is O=C(CSc1nc(-c2cccc(NC(=O)[C@@H]3C[C@@H](O)CN3)c2)cs1)NC1CCN(Cc2ccc(Cl)c(Cl)c2)CC1. The topological polar surface area (TPSA) is 107 Å². The molecule has 2 atom stereocenters. The van der Waals surface area contributed by atoms with Gasteiger partial charge in [0.15, 0.2) is 4.34 Å². The average Bonchev–Trinajstić information content (AvgIpc) is 3.60. The number of nitrogens with zero attached hydrogens (tertiary/aromatic N) is 2. The van der Waals surface area contributed by atoms with E-state index in [0.29, 0.717) is 34.5 Å². The van der Waals surface area contributed by atoms with Crippen LogP contribution in [0, 0.1) is 0 Å². The van der Waals surface area contributed by atoms with Crippen LogP contribution in [0.1, 0.15) is 24.8 Å². The number of aliphatic hydroxyl groups is 1. The summed E-state index contributed by atoms with van der Waals surface area (Å²) >= 11 is 15.1. The Labute approximate surface area is 251 Å². The number of aromatic nitrogens is 1. The first-order chi connectivity index (χ1) is 19.3. The maximum absolute atomic E-state index is 12.6. The number of carbonyl (C=O) groups is 2. The van der Waals surface area contributed by atoms with E-state index in [1.54, 1.807) is 0 Å². The third-order valence-corrected chi connectivity index (χ3v) is 9.76. The fourth-order valence-corrected chi connectivity index (χ4v) is 6.85. The van der Waals surface area contributed by atoms with E-state index in [-0.39, 0.29) is 17.9 Å². The molecule has 0 radical (unpaired) electrons. The van der Waals surface area contributed by atoms with Crippen molar-refractivity contribution in [3.05, 3.63) is 63.5 Å². The van der Waals surface area contributed by atoms with E-state index in [0.717, 1.165) is 53.6 Å². The quantitative estimate of drug-likeness (QED) is 0.258. The van der Waals surface area contributed by atoms with Gasteiger partial charge in [0.25, 0.3) is 0 Å². The minimum Gasteiger partial charge on any atom is -0.392 e. The second-order valence-corrected chi connectivity index (χ2v) is 13.0. The van der Waals surface area contributed by atoms with Crippen LogP contribution in [-0.2, 0) is 16.1 Å². The van der Waals surface area contributed by atoms with Gasteiger partial charge in [-0.3, -0.25) is 14.5 Å². The van der Waals surface area contributed by atoms with Crippen LogP contribution in [0.25, 0.3) is 11.3 Å². The fourth-order valence-electron chi connectivity index (χ4n) is 4.89. The second kappa shape index (κ2) is 13.7. The van der Waals surface area contributed by atoms with Crippen molar-refractivity contribution in [2.75, 3.05) is 30.7 Å². The van der Waals surface area contributed by atoms with Gasteiger partial charge in [-0.2, -0.15) is 0 Å². The maximum atomic E-state index is 12.6. The van der Waals surface area contributed by atoms with Gasteiger partial charge in [-0.15, -0.1) is 11.3 Å². The predicted octanol–water partition coefficient (Wildman–Crippen LogP) is 4.65. The summed E-state index contributed by atoms with van der Waals surface area (Å²) in [7, 11) is 0. The molecule has 212 valence electrons. The first kappa shape index (κ1) is 29.3. The van der Waals surface area contributed by atoms with E-state index in [2.05, 4.69) is 25.8 Å². The molecule has 0 spiro atoms. The van der Waals surface area contributed by atoms with Crippen LogP contribution in [0.5, 0.6) is 0 Å². The predicted molar refractivity (Wildman–Crippen MR) is 162 cm³/mol. The molecule has 3 aromatic rings. The van der Waals surface area contributed by atoms with Crippen LogP contribution in [0.4, 0.5) is 5.69 Å². The Morgan fingerprint density at radius 1 is 1.15 bits per heavy atom. The van der Waals surface area contributed by atoms with E-state index >= 15 is 0 Å². The van der Waals surface area contributed by atoms with E-state index < -0.39 is 12.1 Å². The highest BCUT2D eigenvalue weighted by molar-refractivity contribution is 8.01. The van der Waals surface area contributed by atoms with Gasteiger partial charge in [-0.1, -0.05) is 53.2 Å². The van der Waals surface area contributed by atoms with Crippen LogP contribution in [0.15, 0.2) is 52.2 Å². The molecule has 2 fully saturated rings. The third kappa shape index (κ3) is 7.97. The maximum Gasteiger partial charge on any atom is 0.241 e. The summed E-state index contributed by atoms with van der Waals surface area (Å²) < 4.78 is 0.820. The summed E-state index contributed by atoms with van der Waals surface area (Å²) in [6.07, 6.45) is 1.73. The summed E-state index contributed by atoms with van der Waals surface area (Å²) in [4.78, 5) is 32.1. The minimum absolute atomic E-state index is 0.0139. The number of anilines is 1. The number of halogens is 2. The second-order valence-electron chi connectivity index (χ2n) is 10.1. The lowest BCUT2D eigenvalue weighted by molar-refractivity contribution is -0.119. The van der Waals surface area contributed by atoms with Crippen LogP contribution >= 0.6 is 46.3 Å². The van der Waals surface area contributed by atoms with Crippen LogP contribution in [0.2, 0.25) is 10.0 Å². The number of aliphatic hydroxyl groups excluding tert-OH is 1. The van der Waals surface area contributed by atoms with Gasteiger partial charge in [0.05, 0.1) is 33.6 Å². The molecule has 0 unspecified atom stereocenters. The zero-order valence-corrected chi connectivity index (χ0v) is 24.9. The van der Waals surface area contributed by atoms with Crippen LogP contribution in [-0.4, -0.2) is 70.4 Å². The van der Waals surface area contributed by atoms with Crippen LogP contribution < -0.4 is 16.0 Å². The average molecular weight is 621 g/mol. The number of rotatable bonds is 9. The molecule has 40 heavy (non-hydrogen) atoms. The number of hydrogen-bond donors (Lipinski definition) is 4. The van der Waals surface area contributed by atoms with Gasteiger partial charge in [0, 0.05) is 48.9 Å². The number of thioether (sulfide) groups is 1. The molecule has 1 aromatic heterocycles. The molecule has 0 bridgehead atoms.